The minimum atomic E-state index is -4.88. The summed E-state index contributed by atoms with van der Waals surface area (Å²) in [6, 6.07) is 10.2. The zero-order valence-electron chi connectivity index (χ0n) is 17.4. The van der Waals surface area contributed by atoms with Gasteiger partial charge in [0.1, 0.15) is 11.9 Å². The fourth-order valence-corrected chi connectivity index (χ4v) is 4.04. The van der Waals surface area contributed by atoms with Gasteiger partial charge in [-0.2, -0.15) is 0 Å². The van der Waals surface area contributed by atoms with Gasteiger partial charge < -0.3 is 28.7 Å². The summed E-state index contributed by atoms with van der Waals surface area (Å²) in [4.78, 5) is 31.7. The van der Waals surface area contributed by atoms with Gasteiger partial charge in [0.05, 0.1) is 28.4 Å². The largest absolute Gasteiger partial charge is 0.497 e. The zero-order valence-corrected chi connectivity index (χ0v) is 18.3. The van der Waals surface area contributed by atoms with Crippen LogP contribution >= 0.6 is 7.82 Å². The molecule has 10 heteroatoms. The van der Waals surface area contributed by atoms with Crippen molar-refractivity contribution in [1.29, 1.82) is 0 Å². The summed E-state index contributed by atoms with van der Waals surface area (Å²) in [7, 11) is 1.03. The highest BCUT2D eigenvalue weighted by Gasteiger charge is 2.39. The molecule has 3 rings (SSSR count). The molecule has 2 aromatic carbocycles. The number of phosphoric acid groups is 1. The molecule has 0 aromatic heterocycles. The van der Waals surface area contributed by atoms with E-state index in [2.05, 4.69) is 0 Å². The van der Waals surface area contributed by atoms with Gasteiger partial charge in [0.2, 0.25) is 5.75 Å². The standard InChI is InChI=1S/C21H23O9P/c1-26-14-7-5-12(6-8-14)15-11-16(30-31(23,24)25)20(22)19(15)13-9-17(27-2)21(29-4)18(10-13)28-3/h5-10,16H,11H2,1-4H3,(H2,23,24,25). The number of methoxy groups -OCH3 is 4. The first kappa shape index (κ1) is 22.8. The van der Waals surface area contributed by atoms with Gasteiger partial charge in [0.25, 0.3) is 0 Å². The first-order chi connectivity index (χ1) is 14.7. The third-order valence-electron chi connectivity index (χ3n) is 4.89. The van der Waals surface area contributed by atoms with Crippen molar-refractivity contribution in [1.82, 2.24) is 0 Å². The van der Waals surface area contributed by atoms with Crippen LogP contribution in [0.4, 0.5) is 0 Å². The number of ether oxygens (including phenoxy) is 4. The zero-order chi connectivity index (χ0) is 22.8. The number of ketones is 1. The summed E-state index contributed by atoms with van der Waals surface area (Å²) in [6.45, 7) is 0. The number of benzene rings is 2. The van der Waals surface area contributed by atoms with Crippen LogP contribution in [0.5, 0.6) is 23.0 Å². The molecule has 1 aliphatic rings. The van der Waals surface area contributed by atoms with Crippen LogP contribution < -0.4 is 18.9 Å². The molecule has 0 amide bonds. The molecule has 0 fully saturated rings. The van der Waals surface area contributed by atoms with E-state index in [-0.39, 0.29) is 12.0 Å². The van der Waals surface area contributed by atoms with Crippen LogP contribution in [0.2, 0.25) is 0 Å². The van der Waals surface area contributed by atoms with Crippen LogP contribution in [-0.2, 0) is 13.9 Å². The molecular formula is C21H23O9P. The molecule has 0 bridgehead atoms. The van der Waals surface area contributed by atoms with E-state index in [0.29, 0.717) is 39.7 Å². The average molecular weight is 450 g/mol. The van der Waals surface area contributed by atoms with Gasteiger partial charge in [0.15, 0.2) is 17.3 Å². The number of Topliss-reactive ketones (excluding diaryl/α,β-unsaturated/α-hetero) is 1. The normalized spacial score (nSPS) is 16.5. The molecule has 0 aliphatic heterocycles. The summed E-state index contributed by atoms with van der Waals surface area (Å²) >= 11 is 0. The number of phosphoric ester groups is 1. The summed E-state index contributed by atoms with van der Waals surface area (Å²) in [5, 5.41) is 0. The number of carbonyl (C=O) groups excluding carboxylic acids is 1. The molecule has 0 saturated carbocycles. The maximum atomic E-state index is 13.2. The summed E-state index contributed by atoms with van der Waals surface area (Å²) < 4.78 is 37.5. The van der Waals surface area contributed by atoms with Crippen molar-refractivity contribution in [3.05, 3.63) is 47.5 Å². The molecule has 2 aromatic rings. The predicted molar refractivity (Wildman–Crippen MR) is 112 cm³/mol. The predicted octanol–water partition coefficient (Wildman–Crippen LogP) is 3.08. The Kier molecular flexibility index (Phi) is 6.71. The second kappa shape index (κ2) is 9.11. The van der Waals surface area contributed by atoms with Gasteiger partial charge in [0, 0.05) is 12.0 Å². The van der Waals surface area contributed by atoms with Crippen molar-refractivity contribution in [3.63, 3.8) is 0 Å². The van der Waals surface area contributed by atoms with Crippen LogP contribution in [0.1, 0.15) is 17.5 Å². The molecule has 0 radical (unpaired) electrons. The van der Waals surface area contributed by atoms with Gasteiger partial charge in [-0.3, -0.25) is 9.32 Å². The highest BCUT2D eigenvalue weighted by atomic mass is 31.2. The van der Waals surface area contributed by atoms with E-state index in [9.17, 15) is 19.1 Å². The quantitative estimate of drug-likeness (QED) is 0.585. The Balaban J connectivity index is 2.19. The Labute approximate surface area is 179 Å². The first-order valence-electron chi connectivity index (χ1n) is 9.18. The Hall–Kier alpha value is -2.84. The van der Waals surface area contributed by atoms with Crippen molar-refractivity contribution in [2.75, 3.05) is 28.4 Å². The van der Waals surface area contributed by atoms with Crippen LogP contribution in [0, 0.1) is 0 Å². The Morgan fingerprint density at radius 2 is 1.45 bits per heavy atom. The average Bonchev–Trinajstić information content (AvgIpc) is 3.07. The van der Waals surface area contributed by atoms with E-state index in [1.807, 2.05) is 0 Å². The molecule has 9 nitrogen and oxygen atoms in total. The van der Waals surface area contributed by atoms with Crippen LogP contribution in [0.25, 0.3) is 11.1 Å². The maximum absolute atomic E-state index is 13.2. The van der Waals surface area contributed by atoms with E-state index in [1.54, 1.807) is 43.5 Å². The second-order valence-electron chi connectivity index (χ2n) is 6.65. The molecule has 31 heavy (non-hydrogen) atoms. The van der Waals surface area contributed by atoms with E-state index in [4.69, 9.17) is 23.5 Å². The first-order valence-corrected chi connectivity index (χ1v) is 10.7. The summed E-state index contributed by atoms with van der Waals surface area (Å²) in [5.41, 5.74) is 1.96. The summed E-state index contributed by atoms with van der Waals surface area (Å²) in [6.07, 6.45) is -1.34. The molecule has 1 aliphatic carbocycles. The lowest BCUT2D eigenvalue weighted by molar-refractivity contribution is -0.119. The van der Waals surface area contributed by atoms with Crippen LogP contribution in [-0.4, -0.2) is 50.1 Å². The lowest BCUT2D eigenvalue weighted by Gasteiger charge is -2.15. The molecule has 166 valence electrons. The minimum absolute atomic E-state index is 0.0116. The van der Waals surface area contributed by atoms with Gasteiger partial charge in [-0.05, 0) is 41.0 Å². The molecule has 1 unspecified atom stereocenters. The van der Waals surface area contributed by atoms with Crippen molar-refractivity contribution >= 4 is 24.8 Å². The van der Waals surface area contributed by atoms with E-state index in [0.717, 1.165) is 0 Å². The third kappa shape index (κ3) is 4.75. The third-order valence-corrected chi connectivity index (χ3v) is 5.42. The van der Waals surface area contributed by atoms with Crippen molar-refractivity contribution in [2.45, 2.75) is 12.5 Å². The molecule has 0 heterocycles. The molecule has 2 N–H and O–H groups in total. The minimum Gasteiger partial charge on any atom is -0.497 e. The van der Waals surface area contributed by atoms with E-state index >= 15 is 0 Å². The fraction of sp³-hybridized carbons (Fsp3) is 0.286. The lowest BCUT2D eigenvalue weighted by atomic mass is 9.96. The van der Waals surface area contributed by atoms with Gasteiger partial charge in [-0.1, -0.05) is 12.1 Å². The number of carbonyl (C=O) groups is 1. The summed E-state index contributed by atoms with van der Waals surface area (Å²) in [5.74, 6) is 1.11. The van der Waals surface area contributed by atoms with Crippen molar-refractivity contribution in [3.8, 4) is 23.0 Å². The fourth-order valence-electron chi connectivity index (χ4n) is 3.54. The number of rotatable bonds is 8. The molecular weight excluding hydrogens is 427 g/mol. The van der Waals surface area contributed by atoms with Crippen LogP contribution in [0.3, 0.4) is 0 Å². The highest BCUT2D eigenvalue weighted by Crippen LogP contribution is 2.48. The molecule has 0 spiro atoms. The number of hydrogen-bond acceptors (Lipinski definition) is 7. The second-order valence-corrected chi connectivity index (χ2v) is 7.84. The van der Waals surface area contributed by atoms with Gasteiger partial charge in [-0.15, -0.1) is 0 Å². The Morgan fingerprint density at radius 3 is 1.90 bits per heavy atom. The van der Waals surface area contributed by atoms with Crippen LogP contribution in [0.15, 0.2) is 36.4 Å². The van der Waals surface area contributed by atoms with Gasteiger partial charge >= 0.3 is 7.82 Å². The van der Waals surface area contributed by atoms with E-state index < -0.39 is 19.7 Å². The lowest BCUT2D eigenvalue weighted by Crippen LogP contribution is -2.18. The van der Waals surface area contributed by atoms with Gasteiger partial charge in [-0.25, -0.2) is 4.57 Å². The molecule has 0 saturated heterocycles. The Bertz CT molecular complexity index is 1030. The van der Waals surface area contributed by atoms with E-state index in [1.165, 1.54) is 21.3 Å². The maximum Gasteiger partial charge on any atom is 0.470 e. The smallest absolute Gasteiger partial charge is 0.470 e. The topological polar surface area (TPSA) is 121 Å². The molecule has 1 atom stereocenters. The number of hydrogen-bond donors (Lipinski definition) is 2. The Morgan fingerprint density at radius 1 is 0.871 bits per heavy atom. The van der Waals surface area contributed by atoms with Crippen molar-refractivity contribution < 1.29 is 42.6 Å². The monoisotopic (exact) mass is 450 g/mol. The highest BCUT2D eigenvalue weighted by molar-refractivity contribution is 7.46. The SMILES string of the molecule is COc1ccc(C2=C(c3cc(OC)c(OC)c(OC)c3)C(=O)C(OP(=O)(O)O)C2)cc1. The van der Waals surface area contributed by atoms with Crippen molar-refractivity contribution in [2.24, 2.45) is 0 Å².